The van der Waals surface area contributed by atoms with Crippen molar-refractivity contribution < 1.29 is 4.79 Å². The monoisotopic (exact) mass is 251 g/mol. The summed E-state index contributed by atoms with van der Waals surface area (Å²) in [6.45, 7) is 6.18. The SMILES string of the molecule is CCCC(CC)NC(=O)c1cc(S)ccc1C. The minimum Gasteiger partial charge on any atom is -0.349 e. The van der Waals surface area contributed by atoms with Crippen molar-refractivity contribution in [2.45, 2.75) is 51.0 Å². The van der Waals surface area contributed by atoms with Crippen molar-refractivity contribution in [2.75, 3.05) is 0 Å². The molecule has 1 unspecified atom stereocenters. The lowest BCUT2D eigenvalue weighted by Crippen LogP contribution is -2.34. The summed E-state index contributed by atoms with van der Waals surface area (Å²) in [4.78, 5) is 12.9. The molecule has 2 nitrogen and oxygen atoms in total. The molecular formula is C14H21NOS. The molecule has 0 saturated carbocycles. The van der Waals surface area contributed by atoms with Crippen LogP contribution in [0.3, 0.4) is 0 Å². The van der Waals surface area contributed by atoms with Crippen LogP contribution in [0.15, 0.2) is 23.1 Å². The maximum atomic E-state index is 12.1. The predicted molar refractivity (Wildman–Crippen MR) is 74.9 cm³/mol. The zero-order chi connectivity index (χ0) is 12.8. The summed E-state index contributed by atoms with van der Waals surface area (Å²) >= 11 is 4.27. The summed E-state index contributed by atoms with van der Waals surface area (Å²) < 4.78 is 0. The van der Waals surface area contributed by atoms with E-state index in [1.165, 1.54) is 0 Å². The van der Waals surface area contributed by atoms with Crippen LogP contribution in [0.4, 0.5) is 0 Å². The Hall–Kier alpha value is -0.960. The number of benzene rings is 1. The summed E-state index contributed by atoms with van der Waals surface area (Å²) in [5.41, 5.74) is 1.72. The van der Waals surface area contributed by atoms with E-state index >= 15 is 0 Å². The fourth-order valence-corrected chi connectivity index (χ4v) is 2.05. The normalized spacial score (nSPS) is 12.2. The van der Waals surface area contributed by atoms with Crippen LogP contribution in [0.5, 0.6) is 0 Å². The molecule has 1 atom stereocenters. The second-order valence-electron chi connectivity index (χ2n) is 4.37. The van der Waals surface area contributed by atoms with Gasteiger partial charge >= 0.3 is 0 Å². The number of rotatable bonds is 5. The highest BCUT2D eigenvalue weighted by molar-refractivity contribution is 7.80. The first-order valence-corrected chi connectivity index (χ1v) is 6.63. The van der Waals surface area contributed by atoms with Crippen LogP contribution in [0.2, 0.25) is 0 Å². The highest BCUT2D eigenvalue weighted by atomic mass is 32.1. The Morgan fingerprint density at radius 1 is 1.41 bits per heavy atom. The van der Waals surface area contributed by atoms with Crippen LogP contribution in [0, 0.1) is 6.92 Å². The van der Waals surface area contributed by atoms with Crippen molar-refractivity contribution in [3.63, 3.8) is 0 Å². The van der Waals surface area contributed by atoms with Crippen LogP contribution in [-0.2, 0) is 0 Å². The summed E-state index contributed by atoms with van der Waals surface area (Å²) in [5, 5.41) is 3.08. The van der Waals surface area contributed by atoms with Gasteiger partial charge in [0, 0.05) is 16.5 Å². The van der Waals surface area contributed by atoms with Gasteiger partial charge in [-0.2, -0.15) is 0 Å². The molecule has 0 aromatic heterocycles. The molecule has 3 heteroatoms. The predicted octanol–water partition coefficient (Wildman–Crippen LogP) is 3.59. The fourth-order valence-electron chi connectivity index (χ4n) is 1.84. The zero-order valence-corrected chi connectivity index (χ0v) is 11.7. The average Bonchev–Trinajstić information content (AvgIpc) is 2.31. The van der Waals surface area contributed by atoms with Gasteiger partial charge in [0.1, 0.15) is 0 Å². The Kier molecular flexibility index (Phi) is 5.56. The molecule has 0 radical (unpaired) electrons. The van der Waals surface area contributed by atoms with Crippen LogP contribution < -0.4 is 5.32 Å². The van der Waals surface area contributed by atoms with E-state index in [0.29, 0.717) is 0 Å². The van der Waals surface area contributed by atoms with E-state index in [1.54, 1.807) is 0 Å². The fraction of sp³-hybridized carbons (Fsp3) is 0.500. The summed E-state index contributed by atoms with van der Waals surface area (Å²) in [6, 6.07) is 5.93. The lowest BCUT2D eigenvalue weighted by molar-refractivity contribution is 0.0933. The minimum absolute atomic E-state index is 0.0127. The van der Waals surface area contributed by atoms with Gasteiger partial charge in [0.25, 0.3) is 5.91 Å². The second-order valence-corrected chi connectivity index (χ2v) is 4.88. The summed E-state index contributed by atoms with van der Waals surface area (Å²) in [5.74, 6) is 0.0127. The Bertz CT molecular complexity index is 390. The highest BCUT2D eigenvalue weighted by Gasteiger charge is 2.13. The molecule has 1 aromatic rings. The largest absolute Gasteiger partial charge is 0.349 e. The number of nitrogens with one attached hydrogen (secondary N) is 1. The highest BCUT2D eigenvalue weighted by Crippen LogP contribution is 2.14. The number of thiol groups is 1. The molecular weight excluding hydrogens is 230 g/mol. The summed E-state index contributed by atoms with van der Waals surface area (Å²) in [7, 11) is 0. The second kappa shape index (κ2) is 6.70. The Morgan fingerprint density at radius 2 is 2.12 bits per heavy atom. The third kappa shape index (κ3) is 4.08. The molecule has 0 aliphatic carbocycles. The van der Waals surface area contributed by atoms with Crippen LogP contribution in [0.1, 0.15) is 49.0 Å². The van der Waals surface area contributed by atoms with E-state index in [1.807, 2.05) is 25.1 Å². The molecule has 1 aromatic carbocycles. The van der Waals surface area contributed by atoms with Gasteiger partial charge in [-0.1, -0.05) is 26.3 Å². The van der Waals surface area contributed by atoms with E-state index < -0.39 is 0 Å². The van der Waals surface area contributed by atoms with Crippen molar-refractivity contribution in [1.29, 1.82) is 0 Å². The molecule has 1 N–H and O–H groups in total. The first-order valence-electron chi connectivity index (χ1n) is 6.19. The van der Waals surface area contributed by atoms with E-state index in [9.17, 15) is 4.79 Å². The summed E-state index contributed by atoms with van der Waals surface area (Å²) in [6.07, 6.45) is 3.09. The van der Waals surface area contributed by atoms with Gasteiger partial charge in [-0.05, 0) is 37.5 Å². The maximum Gasteiger partial charge on any atom is 0.251 e. The number of aryl methyl sites for hydroxylation is 1. The zero-order valence-electron chi connectivity index (χ0n) is 10.8. The number of hydrogen-bond acceptors (Lipinski definition) is 2. The lowest BCUT2D eigenvalue weighted by atomic mass is 10.1. The van der Waals surface area contributed by atoms with E-state index in [0.717, 1.165) is 35.3 Å². The standard InChI is InChI=1S/C14H21NOS/c1-4-6-11(5-2)15-14(16)13-9-12(17)8-7-10(13)3/h7-9,11,17H,4-6H2,1-3H3,(H,15,16). The van der Waals surface area contributed by atoms with Crippen LogP contribution >= 0.6 is 12.6 Å². The van der Waals surface area contributed by atoms with Crippen LogP contribution in [0.25, 0.3) is 0 Å². The van der Waals surface area contributed by atoms with E-state index in [2.05, 4.69) is 31.8 Å². The number of hydrogen-bond donors (Lipinski definition) is 2. The van der Waals surface area contributed by atoms with E-state index in [4.69, 9.17) is 0 Å². The smallest absolute Gasteiger partial charge is 0.251 e. The Labute approximate surface area is 109 Å². The van der Waals surface area contributed by atoms with Gasteiger partial charge in [0.2, 0.25) is 0 Å². The first-order chi connectivity index (χ1) is 8.08. The third-order valence-electron chi connectivity index (χ3n) is 2.93. The van der Waals surface area contributed by atoms with Gasteiger partial charge in [0.15, 0.2) is 0 Å². The Morgan fingerprint density at radius 3 is 2.71 bits per heavy atom. The van der Waals surface area contributed by atoms with Crippen molar-refractivity contribution in [1.82, 2.24) is 5.32 Å². The molecule has 0 heterocycles. The van der Waals surface area contributed by atoms with Crippen molar-refractivity contribution in [3.05, 3.63) is 29.3 Å². The average molecular weight is 251 g/mol. The molecule has 17 heavy (non-hydrogen) atoms. The number of amides is 1. The molecule has 0 fully saturated rings. The quantitative estimate of drug-likeness (QED) is 0.769. The molecule has 1 amide bonds. The molecule has 0 bridgehead atoms. The van der Waals surface area contributed by atoms with Crippen molar-refractivity contribution in [2.24, 2.45) is 0 Å². The van der Waals surface area contributed by atoms with Crippen molar-refractivity contribution in [3.8, 4) is 0 Å². The van der Waals surface area contributed by atoms with Gasteiger partial charge < -0.3 is 5.32 Å². The molecule has 0 spiro atoms. The number of carbonyl (C=O) groups is 1. The van der Waals surface area contributed by atoms with Crippen LogP contribution in [-0.4, -0.2) is 11.9 Å². The van der Waals surface area contributed by atoms with Gasteiger partial charge in [-0.15, -0.1) is 12.6 Å². The van der Waals surface area contributed by atoms with E-state index in [-0.39, 0.29) is 11.9 Å². The molecule has 0 aliphatic rings. The topological polar surface area (TPSA) is 29.1 Å². The maximum absolute atomic E-state index is 12.1. The first kappa shape index (κ1) is 14.1. The van der Waals surface area contributed by atoms with Gasteiger partial charge in [-0.25, -0.2) is 0 Å². The molecule has 0 aliphatic heterocycles. The van der Waals surface area contributed by atoms with Crippen molar-refractivity contribution >= 4 is 18.5 Å². The molecule has 1 rings (SSSR count). The molecule has 94 valence electrons. The van der Waals surface area contributed by atoms with Gasteiger partial charge in [-0.3, -0.25) is 4.79 Å². The lowest BCUT2D eigenvalue weighted by Gasteiger charge is -2.17. The minimum atomic E-state index is 0.0127. The Balaban J connectivity index is 2.78. The van der Waals surface area contributed by atoms with Gasteiger partial charge in [0.05, 0.1) is 0 Å². The molecule has 0 saturated heterocycles. The number of carbonyl (C=O) groups excluding carboxylic acids is 1. The third-order valence-corrected chi connectivity index (χ3v) is 3.21.